The Morgan fingerprint density at radius 3 is 2.72 bits per heavy atom. The number of nitrogens with two attached hydrogens (primary N) is 1. The molecule has 1 aromatic carbocycles. The summed E-state index contributed by atoms with van der Waals surface area (Å²) in [5.74, 6) is 0.131. The van der Waals surface area contributed by atoms with Crippen LogP contribution in [0.15, 0.2) is 18.2 Å². The number of para-hydroxylation sites is 1. The van der Waals surface area contributed by atoms with Gasteiger partial charge >= 0.3 is 0 Å². The number of rotatable bonds is 0. The van der Waals surface area contributed by atoms with E-state index in [2.05, 4.69) is 10.6 Å². The maximum Gasteiger partial charge on any atom is 0.232 e. The molecule has 0 atom stereocenters. The summed E-state index contributed by atoms with van der Waals surface area (Å²) in [7, 11) is 0. The van der Waals surface area contributed by atoms with Crippen molar-refractivity contribution in [2.75, 3.05) is 22.9 Å². The summed E-state index contributed by atoms with van der Waals surface area (Å²) in [5, 5.41) is 6.42. The van der Waals surface area contributed by atoms with Crippen molar-refractivity contribution in [3.8, 4) is 0 Å². The van der Waals surface area contributed by atoms with Crippen LogP contribution in [0.2, 0.25) is 0 Å². The maximum absolute atomic E-state index is 12.5. The number of fused-ring (bicyclic) bond motifs is 1. The van der Waals surface area contributed by atoms with Crippen LogP contribution in [-0.2, 0) is 4.79 Å². The number of carbonyl (C=O) groups excluding carboxylic acids is 1. The Morgan fingerprint density at radius 2 is 1.94 bits per heavy atom. The van der Waals surface area contributed by atoms with Gasteiger partial charge in [-0.2, -0.15) is 0 Å². The fourth-order valence-electron chi connectivity index (χ4n) is 3.08. The predicted octanol–water partition coefficient (Wildman–Crippen LogP) is 2.58. The number of carbonyl (C=O) groups is 1. The van der Waals surface area contributed by atoms with Gasteiger partial charge in [0, 0.05) is 6.54 Å². The molecule has 0 aromatic heterocycles. The molecule has 4 heteroatoms. The summed E-state index contributed by atoms with van der Waals surface area (Å²) in [4.78, 5) is 12.5. The first kappa shape index (κ1) is 11.4. The Kier molecular flexibility index (Phi) is 2.65. The third-order valence-corrected chi connectivity index (χ3v) is 4.24. The van der Waals surface area contributed by atoms with E-state index in [0.717, 1.165) is 43.6 Å². The number of anilines is 3. The zero-order valence-electron chi connectivity index (χ0n) is 10.5. The number of hydrogen-bond acceptors (Lipinski definition) is 3. The van der Waals surface area contributed by atoms with Crippen molar-refractivity contribution >= 4 is 23.0 Å². The Bertz CT molecular complexity index is 478. The lowest BCUT2D eigenvalue weighted by Crippen LogP contribution is -2.41. The topological polar surface area (TPSA) is 67.1 Å². The number of hydrogen-bond donors (Lipinski definition) is 3. The highest BCUT2D eigenvalue weighted by molar-refractivity contribution is 6.03. The second-order valence-electron chi connectivity index (χ2n) is 5.42. The minimum absolute atomic E-state index is 0.131. The van der Waals surface area contributed by atoms with Gasteiger partial charge in [-0.25, -0.2) is 0 Å². The lowest BCUT2D eigenvalue weighted by Gasteiger charge is -2.34. The minimum Gasteiger partial charge on any atom is -0.397 e. The van der Waals surface area contributed by atoms with Crippen LogP contribution in [0.3, 0.4) is 0 Å². The average Bonchev–Trinajstić information content (AvgIpc) is 2.52. The molecule has 0 bridgehead atoms. The third-order valence-electron chi connectivity index (χ3n) is 4.24. The molecule has 4 nitrogen and oxygen atoms in total. The molecule has 4 N–H and O–H groups in total. The summed E-state index contributed by atoms with van der Waals surface area (Å²) in [5.41, 5.74) is 7.99. The standard InChI is InChI=1S/C14H19N3O/c15-10-5-4-6-11-12(10)17-13(18)14(9-16-11)7-2-1-3-8-14/h4-6,16H,1-3,7-9,15H2,(H,17,18). The van der Waals surface area contributed by atoms with Gasteiger partial charge in [0.1, 0.15) is 0 Å². The first-order valence-electron chi connectivity index (χ1n) is 6.65. The maximum atomic E-state index is 12.5. The van der Waals surface area contributed by atoms with Crippen LogP contribution in [-0.4, -0.2) is 12.5 Å². The van der Waals surface area contributed by atoms with Gasteiger partial charge in [-0.05, 0) is 25.0 Å². The molecule has 1 spiro atoms. The van der Waals surface area contributed by atoms with Gasteiger partial charge in [-0.3, -0.25) is 4.79 Å². The van der Waals surface area contributed by atoms with Crippen LogP contribution in [0, 0.1) is 5.41 Å². The van der Waals surface area contributed by atoms with Crippen molar-refractivity contribution in [3.05, 3.63) is 18.2 Å². The molecule has 0 unspecified atom stereocenters. The highest BCUT2D eigenvalue weighted by atomic mass is 16.2. The highest BCUT2D eigenvalue weighted by Gasteiger charge is 2.41. The Hall–Kier alpha value is -1.71. The summed E-state index contributed by atoms with van der Waals surface area (Å²) >= 11 is 0. The molecule has 1 saturated carbocycles. The van der Waals surface area contributed by atoms with Crippen molar-refractivity contribution in [1.29, 1.82) is 0 Å². The normalized spacial score (nSPS) is 21.7. The zero-order chi connectivity index (χ0) is 12.6. The summed E-state index contributed by atoms with van der Waals surface area (Å²) in [6, 6.07) is 5.69. The van der Waals surface area contributed by atoms with E-state index in [9.17, 15) is 4.79 Å². The highest BCUT2D eigenvalue weighted by Crippen LogP contribution is 2.41. The largest absolute Gasteiger partial charge is 0.397 e. The molecule has 1 heterocycles. The number of nitrogens with one attached hydrogen (secondary N) is 2. The fraction of sp³-hybridized carbons (Fsp3) is 0.500. The molecule has 3 rings (SSSR count). The van der Waals surface area contributed by atoms with Crippen LogP contribution >= 0.6 is 0 Å². The van der Waals surface area contributed by atoms with Crippen molar-refractivity contribution in [1.82, 2.24) is 0 Å². The van der Waals surface area contributed by atoms with E-state index in [1.165, 1.54) is 6.42 Å². The van der Waals surface area contributed by atoms with Gasteiger partial charge in [-0.1, -0.05) is 25.3 Å². The molecule has 1 aromatic rings. The molecule has 1 amide bonds. The molecule has 0 radical (unpaired) electrons. The molecule has 18 heavy (non-hydrogen) atoms. The van der Waals surface area contributed by atoms with Crippen LogP contribution in [0.4, 0.5) is 17.1 Å². The second-order valence-corrected chi connectivity index (χ2v) is 5.42. The fourth-order valence-corrected chi connectivity index (χ4v) is 3.08. The van der Waals surface area contributed by atoms with Gasteiger partial charge < -0.3 is 16.4 Å². The van der Waals surface area contributed by atoms with Crippen LogP contribution in [0.1, 0.15) is 32.1 Å². The third kappa shape index (κ3) is 1.72. The number of amides is 1. The molecular weight excluding hydrogens is 226 g/mol. The van der Waals surface area contributed by atoms with E-state index in [0.29, 0.717) is 5.69 Å². The summed E-state index contributed by atoms with van der Waals surface area (Å²) in [6.07, 6.45) is 5.46. The Labute approximate surface area is 107 Å². The van der Waals surface area contributed by atoms with Crippen molar-refractivity contribution in [2.24, 2.45) is 5.41 Å². The van der Waals surface area contributed by atoms with E-state index in [1.54, 1.807) is 0 Å². The summed E-state index contributed by atoms with van der Waals surface area (Å²) < 4.78 is 0. The van der Waals surface area contributed by atoms with Crippen molar-refractivity contribution < 1.29 is 4.79 Å². The van der Waals surface area contributed by atoms with E-state index < -0.39 is 0 Å². The second kappa shape index (κ2) is 4.19. The average molecular weight is 245 g/mol. The molecule has 2 aliphatic rings. The van der Waals surface area contributed by atoms with Crippen LogP contribution in [0.5, 0.6) is 0 Å². The van der Waals surface area contributed by atoms with Gasteiger partial charge in [0.2, 0.25) is 5.91 Å². The van der Waals surface area contributed by atoms with Gasteiger partial charge in [0.15, 0.2) is 0 Å². The van der Waals surface area contributed by atoms with Crippen molar-refractivity contribution in [2.45, 2.75) is 32.1 Å². The Balaban J connectivity index is 1.95. The van der Waals surface area contributed by atoms with Gasteiger partial charge in [0.05, 0.1) is 22.5 Å². The smallest absolute Gasteiger partial charge is 0.232 e. The lowest BCUT2D eigenvalue weighted by atomic mass is 9.73. The quantitative estimate of drug-likeness (QED) is 0.615. The first-order valence-corrected chi connectivity index (χ1v) is 6.65. The number of nitrogen functional groups attached to an aromatic ring is 1. The minimum atomic E-state index is -0.246. The zero-order valence-corrected chi connectivity index (χ0v) is 10.5. The van der Waals surface area contributed by atoms with Gasteiger partial charge in [-0.15, -0.1) is 0 Å². The lowest BCUT2D eigenvalue weighted by molar-refractivity contribution is -0.126. The molecule has 1 aliphatic carbocycles. The van der Waals surface area contributed by atoms with Gasteiger partial charge in [0.25, 0.3) is 0 Å². The van der Waals surface area contributed by atoms with E-state index in [1.807, 2.05) is 18.2 Å². The molecule has 1 aliphatic heterocycles. The monoisotopic (exact) mass is 245 g/mol. The number of benzene rings is 1. The predicted molar refractivity (Wildman–Crippen MR) is 73.5 cm³/mol. The molecule has 0 saturated heterocycles. The molecular formula is C14H19N3O. The van der Waals surface area contributed by atoms with E-state index >= 15 is 0 Å². The first-order chi connectivity index (χ1) is 8.71. The van der Waals surface area contributed by atoms with Crippen molar-refractivity contribution in [3.63, 3.8) is 0 Å². The van der Waals surface area contributed by atoms with Crippen LogP contribution in [0.25, 0.3) is 0 Å². The summed E-state index contributed by atoms with van der Waals surface area (Å²) in [6.45, 7) is 0.718. The van der Waals surface area contributed by atoms with E-state index in [4.69, 9.17) is 5.73 Å². The SMILES string of the molecule is Nc1cccc2c1NC(=O)C1(CCCCC1)CN2. The van der Waals surface area contributed by atoms with E-state index in [-0.39, 0.29) is 11.3 Å². The Morgan fingerprint density at radius 1 is 1.17 bits per heavy atom. The molecule has 96 valence electrons. The van der Waals surface area contributed by atoms with Crippen LogP contribution < -0.4 is 16.4 Å². The molecule has 1 fully saturated rings.